The van der Waals surface area contributed by atoms with E-state index in [1.165, 1.54) is 0 Å². The highest BCUT2D eigenvalue weighted by atomic mass is 16.5. The zero-order valence-electron chi connectivity index (χ0n) is 16.0. The van der Waals surface area contributed by atoms with E-state index in [2.05, 4.69) is 32.7 Å². The van der Waals surface area contributed by atoms with Gasteiger partial charge in [-0.1, -0.05) is 5.21 Å². The summed E-state index contributed by atoms with van der Waals surface area (Å²) in [6.45, 7) is 2.43. The Bertz CT molecular complexity index is 985. The molecule has 0 aromatic carbocycles. The molecule has 9 heteroatoms. The summed E-state index contributed by atoms with van der Waals surface area (Å²) in [7, 11) is 0. The van der Waals surface area contributed by atoms with Crippen molar-refractivity contribution in [3.8, 4) is 0 Å². The van der Waals surface area contributed by atoms with Crippen LogP contribution in [0.4, 0.5) is 4.79 Å². The number of rotatable bonds is 3. The average Bonchev–Trinajstić information content (AvgIpc) is 3.45. The lowest BCUT2D eigenvalue weighted by molar-refractivity contribution is 0.168. The Labute approximate surface area is 168 Å². The number of carbonyl (C=O) groups is 1. The minimum Gasteiger partial charge on any atom is -0.377 e. The summed E-state index contributed by atoms with van der Waals surface area (Å²) in [5, 5.41) is 12.1. The van der Waals surface area contributed by atoms with Crippen molar-refractivity contribution in [2.75, 3.05) is 26.3 Å². The van der Waals surface area contributed by atoms with E-state index in [0.717, 1.165) is 29.6 Å². The van der Waals surface area contributed by atoms with Crippen molar-refractivity contribution in [2.45, 2.75) is 30.8 Å². The van der Waals surface area contributed by atoms with Gasteiger partial charge in [-0.3, -0.25) is 0 Å². The molecule has 29 heavy (non-hydrogen) atoms. The molecule has 0 unspecified atom stereocenters. The zero-order chi connectivity index (χ0) is 19.6. The van der Waals surface area contributed by atoms with Gasteiger partial charge in [0.05, 0.1) is 31.5 Å². The molecule has 2 fully saturated rings. The maximum Gasteiger partial charge on any atom is 0.317 e. The SMILES string of the molecule is O=C(N[C@H]1COC[C@H]1n1ccnn1)N1CCC(c2ccc3cccnc3n2)CC1. The van der Waals surface area contributed by atoms with Crippen molar-refractivity contribution >= 4 is 17.1 Å². The monoisotopic (exact) mass is 393 g/mol. The van der Waals surface area contributed by atoms with Crippen LogP contribution in [0.2, 0.25) is 0 Å². The van der Waals surface area contributed by atoms with Crippen LogP contribution in [0.1, 0.15) is 30.5 Å². The summed E-state index contributed by atoms with van der Waals surface area (Å²) in [4.78, 5) is 23.7. The summed E-state index contributed by atoms with van der Waals surface area (Å²) in [5.74, 6) is 0.350. The predicted molar refractivity (Wildman–Crippen MR) is 105 cm³/mol. The first-order valence-corrected chi connectivity index (χ1v) is 9.98. The molecule has 150 valence electrons. The highest BCUT2D eigenvalue weighted by molar-refractivity contribution is 5.75. The highest BCUT2D eigenvalue weighted by Gasteiger charge is 2.33. The number of aromatic nitrogens is 5. The van der Waals surface area contributed by atoms with Gasteiger partial charge >= 0.3 is 6.03 Å². The largest absolute Gasteiger partial charge is 0.377 e. The molecule has 0 aliphatic carbocycles. The number of nitrogens with one attached hydrogen (secondary N) is 1. The topological polar surface area (TPSA) is 98.1 Å². The number of piperidine rings is 1. The van der Waals surface area contributed by atoms with E-state index < -0.39 is 0 Å². The van der Waals surface area contributed by atoms with Gasteiger partial charge in [0.15, 0.2) is 5.65 Å². The van der Waals surface area contributed by atoms with Gasteiger partial charge in [0.2, 0.25) is 0 Å². The average molecular weight is 393 g/mol. The molecule has 2 atom stereocenters. The number of hydrogen-bond donors (Lipinski definition) is 1. The van der Waals surface area contributed by atoms with Crippen molar-refractivity contribution in [3.05, 3.63) is 48.5 Å². The molecule has 1 N–H and O–H groups in total. The van der Waals surface area contributed by atoms with E-state index in [0.29, 0.717) is 32.2 Å². The van der Waals surface area contributed by atoms with Crippen LogP contribution in [-0.4, -0.2) is 68.2 Å². The molecule has 2 saturated heterocycles. The fraction of sp³-hybridized carbons (Fsp3) is 0.450. The van der Waals surface area contributed by atoms with Crippen LogP contribution in [0.15, 0.2) is 42.9 Å². The molecule has 0 radical (unpaired) electrons. The first kappa shape index (κ1) is 18.0. The number of carbonyl (C=O) groups excluding carboxylic acids is 1. The molecule has 2 aliphatic rings. The highest BCUT2D eigenvalue weighted by Crippen LogP contribution is 2.28. The molecular formula is C20H23N7O2. The second-order valence-corrected chi connectivity index (χ2v) is 7.59. The first-order valence-electron chi connectivity index (χ1n) is 9.98. The van der Waals surface area contributed by atoms with Crippen LogP contribution in [0, 0.1) is 0 Å². The predicted octanol–water partition coefficient (Wildman–Crippen LogP) is 1.75. The van der Waals surface area contributed by atoms with Gasteiger partial charge in [-0.25, -0.2) is 19.4 Å². The molecule has 0 bridgehead atoms. The van der Waals surface area contributed by atoms with Crippen LogP contribution in [0.5, 0.6) is 0 Å². The summed E-state index contributed by atoms with van der Waals surface area (Å²) in [6, 6.07) is 7.94. The molecule has 9 nitrogen and oxygen atoms in total. The second kappa shape index (κ2) is 7.75. The van der Waals surface area contributed by atoms with Gasteiger partial charge in [-0.2, -0.15) is 0 Å². The molecule has 5 heterocycles. The Kier molecular flexibility index (Phi) is 4.81. The van der Waals surface area contributed by atoms with Crippen LogP contribution < -0.4 is 5.32 Å². The number of likely N-dealkylation sites (tertiary alicyclic amines) is 1. The Morgan fingerprint density at radius 3 is 2.86 bits per heavy atom. The smallest absolute Gasteiger partial charge is 0.317 e. The zero-order valence-corrected chi connectivity index (χ0v) is 16.0. The van der Waals surface area contributed by atoms with Gasteiger partial charge in [0.25, 0.3) is 0 Å². The van der Waals surface area contributed by atoms with Crippen LogP contribution >= 0.6 is 0 Å². The van der Waals surface area contributed by atoms with Gasteiger partial charge in [-0.15, -0.1) is 5.10 Å². The van der Waals surface area contributed by atoms with Crippen molar-refractivity contribution in [1.82, 2.24) is 35.2 Å². The van der Waals surface area contributed by atoms with Crippen LogP contribution in [0.3, 0.4) is 0 Å². The lowest BCUT2D eigenvalue weighted by Gasteiger charge is -2.33. The van der Waals surface area contributed by atoms with Gasteiger partial charge in [0.1, 0.15) is 0 Å². The Morgan fingerprint density at radius 2 is 2.03 bits per heavy atom. The van der Waals surface area contributed by atoms with E-state index in [1.54, 1.807) is 23.3 Å². The van der Waals surface area contributed by atoms with Crippen LogP contribution in [-0.2, 0) is 4.74 Å². The van der Waals surface area contributed by atoms with Crippen molar-refractivity contribution in [2.24, 2.45) is 0 Å². The number of fused-ring (bicyclic) bond motifs is 1. The standard InChI is InChI=1S/C20H23N7O2/c28-20(24-17-12-29-13-18(17)27-11-8-22-25-27)26-9-5-14(6-10-26)16-4-3-15-2-1-7-21-19(15)23-16/h1-4,7-8,11,14,17-18H,5-6,9-10,12-13H2,(H,24,28)/t17-,18+/m0/s1. The van der Waals surface area contributed by atoms with Crippen molar-refractivity contribution in [1.29, 1.82) is 0 Å². The van der Waals surface area contributed by atoms with E-state index in [4.69, 9.17) is 9.72 Å². The molecular weight excluding hydrogens is 370 g/mol. The fourth-order valence-corrected chi connectivity index (χ4v) is 4.16. The quantitative estimate of drug-likeness (QED) is 0.728. The Hall–Kier alpha value is -3.07. The third-order valence-electron chi connectivity index (χ3n) is 5.83. The third-order valence-corrected chi connectivity index (χ3v) is 5.83. The second-order valence-electron chi connectivity index (χ2n) is 7.59. The van der Waals surface area contributed by atoms with E-state index in [-0.39, 0.29) is 18.1 Å². The molecule has 3 aromatic rings. The van der Waals surface area contributed by atoms with Gasteiger partial charge in [-0.05, 0) is 37.1 Å². The molecule has 0 spiro atoms. The summed E-state index contributed by atoms with van der Waals surface area (Å²) in [6.07, 6.45) is 7.00. The van der Waals surface area contributed by atoms with E-state index in [1.807, 2.05) is 17.0 Å². The number of pyridine rings is 2. The van der Waals surface area contributed by atoms with Crippen LogP contribution in [0.25, 0.3) is 11.0 Å². The lowest BCUT2D eigenvalue weighted by Crippen LogP contribution is -2.50. The Balaban J connectivity index is 1.19. The van der Waals surface area contributed by atoms with Gasteiger partial charge in [0, 0.05) is 42.5 Å². The summed E-state index contributed by atoms with van der Waals surface area (Å²) < 4.78 is 7.31. The molecule has 5 rings (SSSR count). The maximum absolute atomic E-state index is 12.8. The number of ether oxygens (including phenoxy) is 1. The van der Waals surface area contributed by atoms with Crippen molar-refractivity contribution < 1.29 is 9.53 Å². The normalized spacial score (nSPS) is 22.8. The van der Waals surface area contributed by atoms with Crippen molar-refractivity contribution in [3.63, 3.8) is 0 Å². The number of urea groups is 1. The van der Waals surface area contributed by atoms with Gasteiger partial charge < -0.3 is 15.0 Å². The third kappa shape index (κ3) is 3.65. The molecule has 0 saturated carbocycles. The molecule has 2 amide bonds. The Morgan fingerprint density at radius 1 is 1.14 bits per heavy atom. The lowest BCUT2D eigenvalue weighted by atomic mass is 9.93. The fourth-order valence-electron chi connectivity index (χ4n) is 4.16. The number of hydrogen-bond acceptors (Lipinski definition) is 6. The summed E-state index contributed by atoms with van der Waals surface area (Å²) in [5.41, 5.74) is 1.84. The first-order chi connectivity index (χ1) is 14.3. The summed E-state index contributed by atoms with van der Waals surface area (Å²) >= 11 is 0. The minimum absolute atomic E-state index is 0.0201. The molecule has 2 aliphatic heterocycles. The molecule has 3 aromatic heterocycles. The number of nitrogens with zero attached hydrogens (tertiary/aromatic N) is 6. The van der Waals surface area contributed by atoms with E-state index >= 15 is 0 Å². The minimum atomic E-state index is -0.102. The maximum atomic E-state index is 12.8. The number of amides is 2. The van der Waals surface area contributed by atoms with E-state index in [9.17, 15) is 4.79 Å².